The molecule has 38 heavy (non-hydrogen) atoms. The first-order valence-corrected chi connectivity index (χ1v) is 14.9. The number of methoxy groups -OCH3 is 1. The molecule has 0 spiro atoms. The van der Waals surface area contributed by atoms with Crippen LogP contribution in [0.4, 0.5) is 0 Å². The van der Waals surface area contributed by atoms with Gasteiger partial charge in [0.2, 0.25) is 0 Å². The molecule has 0 amide bonds. The van der Waals surface area contributed by atoms with Gasteiger partial charge in [-0.05, 0) is 97.2 Å². The molecule has 1 heterocycles. The maximum atomic E-state index is 12.5. The molecule has 5 heteroatoms. The van der Waals surface area contributed by atoms with Crippen LogP contribution in [-0.2, 0) is 19.1 Å². The van der Waals surface area contributed by atoms with E-state index in [0.717, 1.165) is 63.2 Å². The third kappa shape index (κ3) is 5.22. The van der Waals surface area contributed by atoms with Gasteiger partial charge >= 0.3 is 11.9 Å². The van der Waals surface area contributed by atoms with Crippen LogP contribution in [0.25, 0.3) is 5.57 Å². The summed E-state index contributed by atoms with van der Waals surface area (Å²) in [6, 6.07) is 4.29. The third-order valence-electron chi connectivity index (χ3n) is 10.6. The molecule has 6 atom stereocenters. The van der Waals surface area contributed by atoms with E-state index < -0.39 is 0 Å². The molecule has 2 saturated carbocycles. The van der Waals surface area contributed by atoms with Crippen LogP contribution < -0.4 is 0 Å². The maximum Gasteiger partial charge on any atom is 0.306 e. The van der Waals surface area contributed by atoms with Crippen molar-refractivity contribution in [3.8, 4) is 0 Å². The van der Waals surface area contributed by atoms with Crippen molar-refractivity contribution < 1.29 is 19.1 Å². The molecular weight excluding hydrogens is 474 g/mol. The van der Waals surface area contributed by atoms with Gasteiger partial charge in [-0.25, -0.2) is 0 Å². The maximum absolute atomic E-state index is 12.5. The Morgan fingerprint density at radius 3 is 2.45 bits per heavy atom. The Morgan fingerprint density at radius 2 is 1.71 bits per heavy atom. The summed E-state index contributed by atoms with van der Waals surface area (Å²) in [5, 5.41) is 0. The number of esters is 2. The summed E-state index contributed by atoms with van der Waals surface area (Å²) in [5.74, 6) is 1.94. The normalized spacial score (nSPS) is 33.8. The fourth-order valence-electron chi connectivity index (χ4n) is 8.50. The van der Waals surface area contributed by atoms with Gasteiger partial charge in [0.1, 0.15) is 6.10 Å². The van der Waals surface area contributed by atoms with E-state index in [1.165, 1.54) is 37.5 Å². The average Bonchev–Trinajstić information content (AvgIpc) is 3.28. The zero-order valence-corrected chi connectivity index (χ0v) is 23.5. The Hall–Kier alpha value is -2.43. The number of pyridine rings is 1. The largest absolute Gasteiger partial charge is 0.469 e. The summed E-state index contributed by atoms with van der Waals surface area (Å²) >= 11 is 0. The van der Waals surface area contributed by atoms with Crippen LogP contribution >= 0.6 is 0 Å². The van der Waals surface area contributed by atoms with Crippen LogP contribution in [-0.4, -0.2) is 30.1 Å². The van der Waals surface area contributed by atoms with Crippen molar-refractivity contribution in [1.29, 1.82) is 0 Å². The molecule has 4 aliphatic carbocycles. The summed E-state index contributed by atoms with van der Waals surface area (Å²) < 4.78 is 10.6. The number of unbranched alkanes of at least 4 members (excludes halogenated alkanes) is 3. The van der Waals surface area contributed by atoms with E-state index in [2.05, 4.69) is 47.9 Å². The fourth-order valence-corrected chi connectivity index (χ4v) is 8.50. The minimum atomic E-state index is -0.159. The van der Waals surface area contributed by atoms with Crippen molar-refractivity contribution in [2.45, 2.75) is 103 Å². The highest BCUT2D eigenvalue weighted by molar-refractivity contribution is 5.72. The van der Waals surface area contributed by atoms with Crippen molar-refractivity contribution in [1.82, 2.24) is 4.98 Å². The molecule has 206 valence electrons. The van der Waals surface area contributed by atoms with Gasteiger partial charge in [0.25, 0.3) is 0 Å². The predicted octanol–water partition coefficient (Wildman–Crippen LogP) is 7.46. The highest BCUT2D eigenvalue weighted by Crippen LogP contribution is 2.66. The second-order valence-corrected chi connectivity index (χ2v) is 12.7. The first kappa shape index (κ1) is 27.1. The lowest BCUT2D eigenvalue weighted by molar-refractivity contribution is -0.151. The lowest BCUT2D eigenvalue weighted by Crippen LogP contribution is -2.50. The van der Waals surface area contributed by atoms with Crippen molar-refractivity contribution in [3.63, 3.8) is 0 Å². The van der Waals surface area contributed by atoms with Crippen molar-refractivity contribution in [3.05, 3.63) is 47.8 Å². The molecule has 0 N–H and O–H groups in total. The molecule has 0 aliphatic heterocycles. The number of fused-ring (bicyclic) bond motifs is 5. The zero-order chi connectivity index (χ0) is 26.8. The summed E-state index contributed by atoms with van der Waals surface area (Å²) in [6.07, 6.45) is 21.3. The lowest BCUT2D eigenvalue weighted by atomic mass is 9.47. The fraction of sp³-hybridized carbons (Fsp3) is 0.667. The molecule has 3 unspecified atom stereocenters. The average molecular weight is 520 g/mol. The number of ether oxygens (including phenoxy) is 2. The predicted molar refractivity (Wildman–Crippen MR) is 149 cm³/mol. The summed E-state index contributed by atoms with van der Waals surface area (Å²) in [6.45, 7) is 5.02. The van der Waals surface area contributed by atoms with E-state index in [1.807, 2.05) is 12.4 Å². The van der Waals surface area contributed by atoms with Gasteiger partial charge in [-0.2, -0.15) is 0 Å². The minimum Gasteiger partial charge on any atom is -0.469 e. The van der Waals surface area contributed by atoms with E-state index in [4.69, 9.17) is 4.74 Å². The molecular formula is C33H45NO4. The monoisotopic (exact) mass is 519 g/mol. The van der Waals surface area contributed by atoms with Crippen LogP contribution in [0.3, 0.4) is 0 Å². The number of hydrogen-bond donors (Lipinski definition) is 0. The van der Waals surface area contributed by atoms with Crippen LogP contribution in [0, 0.1) is 28.6 Å². The number of carbonyl (C=O) groups excluding carboxylic acids is 2. The second-order valence-electron chi connectivity index (χ2n) is 12.7. The first-order chi connectivity index (χ1) is 18.3. The molecule has 4 aliphatic rings. The van der Waals surface area contributed by atoms with Gasteiger partial charge in [0.05, 0.1) is 7.11 Å². The van der Waals surface area contributed by atoms with Gasteiger partial charge in [0, 0.05) is 31.7 Å². The molecule has 0 saturated heterocycles. The SMILES string of the molecule is COC(=O)CCCCCCC(=O)O[C@H]1CC[C@@]2(C)C(=CCC3C2CC[C@]2(C)C(c4cccnc4)=CCC32)C1. The topological polar surface area (TPSA) is 65.5 Å². The van der Waals surface area contributed by atoms with Crippen molar-refractivity contribution >= 4 is 17.5 Å². The van der Waals surface area contributed by atoms with Crippen LogP contribution in [0.5, 0.6) is 0 Å². The summed E-state index contributed by atoms with van der Waals surface area (Å²) in [4.78, 5) is 28.2. The Bertz CT molecular complexity index is 1080. The minimum absolute atomic E-state index is 0.0249. The second kappa shape index (κ2) is 11.4. The van der Waals surface area contributed by atoms with E-state index >= 15 is 0 Å². The number of carbonyl (C=O) groups is 2. The van der Waals surface area contributed by atoms with Gasteiger partial charge in [0.15, 0.2) is 0 Å². The van der Waals surface area contributed by atoms with Crippen LogP contribution in [0.15, 0.2) is 42.3 Å². The summed E-state index contributed by atoms with van der Waals surface area (Å²) in [7, 11) is 1.42. The third-order valence-corrected chi connectivity index (χ3v) is 10.6. The molecule has 0 bridgehead atoms. The highest BCUT2D eigenvalue weighted by Gasteiger charge is 2.57. The number of rotatable bonds is 9. The zero-order valence-electron chi connectivity index (χ0n) is 23.5. The Kier molecular flexibility index (Phi) is 8.11. The number of hydrogen-bond acceptors (Lipinski definition) is 5. The quantitative estimate of drug-likeness (QED) is 0.192. The van der Waals surface area contributed by atoms with E-state index in [0.29, 0.717) is 18.8 Å². The smallest absolute Gasteiger partial charge is 0.306 e. The van der Waals surface area contributed by atoms with E-state index in [1.54, 1.807) is 5.57 Å². The van der Waals surface area contributed by atoms with Crippen molar-refractivity contribution in [2.24, 2.45) is 28.6 Å². The number of allylic oxidation sites excluding steroid dienone is 3. The number of aromatic nitrogens is 1. The van der Waals surface area contributed by atoms with Gasteiger partial charge in [-0.3, -0.25) is 14.6 Å². The van der Waals surface area contributed by atoms with Crippen molar-refractivity contribution in [2.75, 3.05) is 7.11 Å². The molecule has 0 radical (unpaired) electrons. The molecule has 5 rings (SSSR count). The van der Waals surface area contributed by atoms with Gasteiger partial charge in [-0.15, -0.1) is 0 Å². The lowest BCUT2D eigenvalue weighted by Gasteiger charge is -2.57. The standard InChI is InChI=1S/C33H45NO4/c1-32-18-16-25(38-31(36)11-7-5-4-6-10-30(35)37-3)21-24(32)12-13-26-28-15-14-27(23-9-8-20-34-22-23)33(28,2)19-17-29(26)32/h8-9,12,14,20,22,25-26,28-29H,4-7,10-11,13,15-19,21H2,1-3H3/t25-,26?,28?,29?,32-,33+/m0/s1. The number of nitrogens with zero attached hydrogens (tertiary/aromatic N) is 1. The molecule has 1 aromatic rings. The summed E-state index contributed by atoms with van der Waals surface area (Å²) in [5.41, 5.74) is 4.86. The Balaban J connectivity index is 1.15. The highest BCUT2D eigenvalue weighted by atomic mass is 16.5. The van der Waals surface area contributed by atoms with Gasteiger partial charge < -0.3 is 9.47 Å². The Morgan fingerprint density at radius 1 is 0.947 bits per heavy atom. The van der Waals surface area contributed by atoms with E-state index in [-0.39, 0.29) is 28.9 Å². The molecule has 0 aromatic carbocycles. The molecule has 5 nitrogen and oxygen atoms in total. The molecule has 1 aromatic heterocycles. The molecule has 2 fully saturated rings. The first-order valence-electron chi connectivity index (χ1n) is 14.9. The van der Waals surface area contributed by atoms with Crippen LogP contribution in [0.1, 0.15) is 103 Å². The van der Waals surface area contributed by atoms with Gasteiger partial charge in [-0.1, -0.05) is 50.5 Å². The Labute approximate surface area is 228 Å². The van der Waals surface area contributed by atoms with E-state index in [9.17, 15) is 9.59 Å². The van der Waals surface area contributed by atoms with Crippen LogP contribution in [0.2, 0.25) is 0 Å².